The molecule has 2 N–H and O–H groups in total. The van der Waals surface area contributed by atoms with Crippen molar-refractivity contribution in [3.05, 3.63) is 24.3 Å². The molecule has 0 bridgehead atoms. The zero-order chi connectivity index (χ0) is 18.7. The number of hydrogen-bond donors (Lipinski definition) is 2. The van der Waals surface area contributed by atoms with Crippen molar-refractivity contribution < 1.29 is 19.7 Å². The Kier molecular flexibility index (Phi) is 15.0. The van der Waals surface area contributed by atoms with E-state index in [1.165, 1.54) is 38.5 Å². The van der Waals surface area contributed by atoms with Gasteiger partial charge < -0.3 is 19.7 Å². The topological polar surface area (TPSA) is 58.9 Å². The minimum atomic E-state index is 0.312. The Balaban J connectivity index is 2.03. The molecule has 4 heteroatoms. The fourth-order valence-electron chi connectivity index (χ4n) is 2.88. The number of unbranched alkanes of at least 4 members (excludes halogenated alkanes) is 10. The van der Waals surface area contributed by atoms with Crippen LogP contribution in [0, 0.1) is 0 Å². The number of rotatable bonds is 18. The smallest absolute Gasteiger partial charge is 0.122 e. The SMILES string of the molecule is OCCCCCCCCOc1cccc(OCCCCCCCCO)c1. The monoisotopic (exact) mass is 366 g/mol. The lowest BCUT2D eigenvalue weighted by atomic mass is 10.1. The number of ether oxygens (including phenoxy) is 2. The van der Waals surface area contributed by atoms with Crippen molar-refractivity contribution in [2.75, 3.05) is 26.4 Å². The highest BCUT2D eigenvalue weighted by Crippen LogP contribution is 2.20. The molecular weight excluding hydrogens is 328 g/mol. The van der Waals surface area contributed by atoms with Crippen molar-refractivity contribution in [3.63, 3.8) is 0 Å². The second-order valence-electron chi connectivity index (χ2n) is 6.86. The van der Waals surface area contributed by atoms with Crippen molar-refractivity contribution in [1.82, 2.24) is 0 Å². The maximum atomic E-state index is 8.74. The Morgan fingerprint density at radius 3 is 1.35 bits per heavy atom. The lowest BCUT2D eigenvalue weighted by Gasteiger charge is -2.10. The Morgan fingerprint density at radius 1 is 0.538 bits per heavy atom. The molecule has 0 unspecified atom stereocenters. The molecule has 1 rings (SSSR count). The molecule has 0 aliphatic carbocycles. The fourth-order valence-corrected chi connectivity index (χ4v) is 2.88. The maximum absolute atomic E-state index is 8.74. The van der Waals surface area contributed by atoms with Gasteiger partial charge in [0.2, 0.25) is 0 Å². The Hall–Kier alpha value is -1.26. The number of hydrogen-bond acceptors (Lipinski definition) is 4. The van der Waals surface area contributed by atoms with Crippen molar-refractivity contribution in [3.8, 4) is 11.5 Å². The van der Waals surface area contributed by atoms with Crippen LogP contribution in [0.2, 0.25) is 0 Å². The second kappa shape index (κ2) is 17.2. The van der Waals surface area contributed by atoms with Crippen molar-refractivity contribution in [2.45, 2.75) is 77.0 Å². The summed E-state index contributed by atoms with van der Waals surface area (Å²) in [6, 6.07) is 7.92. The fraction of sp³-hybridized carbons (Fsp3) is 0.727. The zero-order valence-corrected chi connectivity index (χ0v) is 16.3. The molecule has 0 saturated carbocycles. The zero-order valence-electron chi connectivity index (χ0n) is 16.3. The summed E-state index contributed by atoms with van der Waals surface area (Å²) in [5, 5.41) is 17.5. The Bertz CT molecular complexity index is 387. The van der Waals surface area contributed by atoms with Gasteiger partial charge in [-0.05, 0) is 37.8 Å². The third kappa shape index (κ3) is 13.0. The van der Waals surface area contributed by atoms with Crippen molar-refractivity contribution in [2.24, 2.45) is 0 Å². The Labute approximate surface area is 159 Å². The van der Waals surface area contributed by atoms with E-state index in [-0.39, 0.29) is 0 Å². The molecule has 1 aromatic rings. The highest BCUT2D eigenvalue weighted by atomic mass is 16.5. The van der Waals surface area contributed by atoms with E-state index in [9.17, 15) is 0 Å². The summed E-state index contributed by atoms with van der Waals surface area (Å²) < 4.78 is 11.6. The molecule has 0 aliphatic rings. The van der Waals surface area contributed by atoms with Gasteiger partial charge in [0.1, 0.15) is 11.5 Å². The van der Waals surface area contributed by atoms with Gasteiger partial charge in [0.15, 0.2) is 0 Å². The van der Waals surface area contributed by atoms with Crippen LogP contribution in [0.4, 0.5) is 0 Å². The maximum Gasteiger partial charge on any atom is 0.122 e. The van der Waals surface area contributed by atoms with Crippen molar-refractivity contribution in [1.29, 1.82) is 0 Å². The summed E-state index contributed by atoms with van der Waals surface area (Å²) in [5.41, 5.74) is 0. The van der Waals surface area contributed by atoms with Crippen molar-refractivity contribution >= 4 is 0 Å². The van der Waals surface area contributed by atoms with Crippen LogP contribution in [0.3, 0.4) is 0 Å². The minimum absolute atomic E-state index is 0.312. The van der Waals surface area contributed by atoms with Gasteiger partial charge in [0.25, 0.3) is 0 Å². The number of aliphatic hydroxyl groups excluding tert-OH is 2. The van der Waals surface area contributed by atoms with Crippen LogP contribution in [0.1, 0.15) is 77.0 Å². The first-order chi connectivity index (χ1) is 12.9. The van der Waals surface area contributed by atoms with Gasteiger partial charge >= 0.3 is 0 Å². The Morgan fingerprint density at radius 2 is 0.923 bits per heavy atom. The molecule has 0 radical (unpaired) electrons. The highest BCUT2D eigenvalue weighted by Gasteiger charge is 1.99. The molecule has 0 fully saturated rings. The molecule has 0 saturated heterocycles. The van der Waals surface area contributed by atoms with Gasteiger partial charge in [-0.1, -0.05) is 57.4 Å². The predicted octanol–water partition coefficient (Wildman–Crippen LogP) is 5.11. The van der Waals surface area contributed by atoms with Crippen LogP contribution in [0.25, 0.3) is 0 Å². The van der Waals surface area contributed by atoms with E-state index in [1.807, 2.05) is 24.3 Å². The first-order valence-electron chi connectivity index (χ1n) is 10.4. The van der Waals surface area contributed by atoms with Crippen LogP contribution in [-0.4, -0.2) is 36.6 Å². The molecule has 0 amide bonds. The molecular formula is C22H38O4. The van der Waals surface area contributed by atoms with Gasteiger partial charge in [-0.25, -0.2) is 0 Å². The van der Waals surface area contributed by atoms with Crippen LogP contribution in [-0.2, 0) is 0 Å². The normalized spacial score (nSPS) is 10.8. The quantitative estimate of drug-likeness (QED) is 0.354. The van der Waals surface area contributed by atoms with E-state index in [0.29, 0.717) is 13.2 Å². The lowest BCUT2D eigenvalue weighted by Crippen LogP contribution is -2.00. The lowest BCUT2D eigenvalue weighted by molar-refractivity contribution is 0.278. The number of aliphatic hydroxyl groups is 2. The van der Waals surface area contributed by atoms with Crippen LogP contribution >= 0.6 is 0 Å². The third-order valence-electron chi connectivity index (χ3n) is 4.45. The molecule has 26 heavy (non-hydrogen) atoms. The molecule has 0 atom stereocenters. The van der Waals surface area contributed by atoms with Crippen LogP contribution < -0.4 is 9.47 Å². The summed E-state index contributed by atoms with van der Waals surface area (Å²) in [6.45, 7) is 2.12. The van der Waals surface area contributed by atoms with Gasteiger partial charge in [-0.2, -0.15) is 0 Å². The highest BCUT2D eigenvalue weighted by molar-refractivity contribution is 5.32. The van der Waals surface area contributed by atoms with Crippen LogP contribution in [0.15, 0.2) is 24.3 Å². The second-order valence-corrected chi connectivity index (χ2v) is 6.86. The van der Waals surface area contributed by atoms with Gasteiger partial charge in [-0.15, -0.1) is 0 Å². The minimum Gasteiger partial charge on any atom is -0.493 e. The largest absolute Gasteiger partial charge is 0.493 e. The first-order valence-corrected chi connectivity index (χ1v) is 10.4. The van der Waals surface area contributed by atoms with Gasteiger partial charge in [0, 0.05) is 19.3 Å². The predicted molar refractivity (Wildman–Crippen MR) is 107 cm³/mol. The summed E-state index contributed by atoms with van der Waals surface area (Å²) in [5.74, 6) is 1.76. The average Bonchev–Trinajstić information content (AvgIpc) is 2.66. The van der Waals surface area contributed by atoms with E-state index in [1.54, 1.807) is 0 Å². The number of benzene rings is 1. The van der Waals surface area contributed by atoms with E-state index in [4.69, 9.17) is 19.7 Å². The molecule has 0 aromatic heterocycles. The van der Waals surface area contributed by atoms with Crippen LogP contribution in [0.5, 0.6) is 11.5 Å². The molecule has 1 aromatic carbocycles. The molecule has 4 nitrogen and oxygen atoms in total. The van der Waals surface area contributed by atoms with E-state index >= 15 is 0 Å². The third-order valence-corrected chi connectivity index (χ3v) is 4.45. The standard InChI is InChI=1S/C22H38O4/c23-16-9-5-1-3-7-11-18-25-21-14-13-15-22(20-21)26-19-12-8-4-2-6-10-17-24/h13-15,20,23-24H,1-12,16-19H2. The van der Waals surface area contributed by atoms with E-state index in [0.717, 1.165) is 63.2 Å². The summed E-state index contributed by atoms with van der Waals surface area (Å²) in [4.78, 5) is 0. The molecule has 0 heterocycles. The first kappa shape index (κ1) is 22.8. The molecule has 0 aliphatic heterocycles. The van der Waals surface area contributed by atoms with Gasteiger partial charge in [0.05, 0.1) is 13.2 Å². The van der Waals surface area contributed by atoms with Gasteiger partial charge in [-0.3, -0.25) is 0 Å². The average molecular weight is 367 g/mol. The van der Waals surface area contributed by atoms with E-state index < -0.39 is 0 Å². The summed E-state index contributed by atoms with van der Waals surface area (Å²) in [7, 11) is 0. The molecule has 150 valence electrons. The summed E-state index contributed by atoms with van der Waals surface area (Å²) >= 11 is 0. The summed E-state index contributed by atoms with van der Waals surface area (Å²) in [6.07, 6.45) is 13.4. The van der Waals surface area contributed by atoms with E-state index in [2.05, 4.69) is 0 Å². The molecule has 0 spiro atoms.